The van der Waals surface area contributed by atoms with Gasteiger partial charge in [-0.25, -0.2) is 13.6 Å². The molecule has 0 saturated carbocycles. The average molecular weight is 293 g/mol. The zero-order valence-electron chi connectivity index (χ0n) is 11.6. The van der Waals surface area contributed by atoms with Crippen LogP contribution < -0.4 is 5.14 Å². The van der Waals surface area contributed by atoms with Gasteiger partial charge in [-0.2, -0.15) is 0 Å². The van der Waals surface area contributed by atoms with Crippen LogP contribution in [0.2, 0.25) is 0 Å². The number of benzene rings is 2. The van der Waals surface area contributed by atoms with E-state index in [9.17, 15) is 13.5 Å². The van der Waals surface area contributed by atoms with Gasteiger partial charge >= 0.3 is 0 Å². The molecule has 1 unspecified atom stereocenters. The summed E-state index contributed by atoms with van der Waals surface area (Å²) in [6.45, 7) is 2.93. The van der Waals surface area contributed by atoms with E-state index in [1.165, 1.54) is 13.8 Å². The molecule has 0 bridgehead atoms. The van der Waals surface area contributed by atoms with Crippen molar-refractivity contribution in [3.63, 3.8) is 0 Å². The first-order valence-corrected chi connectivity index (χ1v) is 8.01. The standard InChI is InChI=1S/C15H19NO3S/c1-15(2,17)14(20(16,18)19)10-12-8-5-7-11-6-3-4-9-13(11)12/h3-9,14,17H,10H2,1-2H3,(H2,16,18,19). The van der Waals surface area contributed by atoms with E-state index in [4.69, 9.17) is 5.14 Å². The number of nitrogens with two attached hydrogens (primary N) is 1. The van der Waals surface area contributed by atoms with Gasteiger partial charge in [0.15, 0.2) is 0 Å². The molecule has 0 fully saturated rings. The normalized spacial score (nSPS) is 14.4. The van der Waals surface area contributed by atoms with Crippen molar-refractivity contribution in [2.24, 2.45) is 5.14 Å². The molecule has 0 heterocycles. The van der Waals surface area contributed by atoms with Gasteiger partial charge in [-0.3, -0.25) is 0 Å². The van der Waals surface area contributed by atoms with E-state index in [0.717, 1.165) is 16.3 Å². The van der Waals surface area contributed by atoms with Crippen molar-refractivity contribution in [3.8, 4) is 0 Å². The van der Waals surface area contributed by atoms with Crippen LogP contribution >= 0.6 is 0 Å². The van der Waals surface area contributed by atoms with E-state index in [1.807, 2.05) is 42.5 Å². The van der Waals surface area contributed by atoms with Gasteiger partial charge in [0.1, 0.15) is 5.25 Å². The summed E-state index contributed by atoms with van der Waals surface area (Å²) in [4.78, 5) is 0. The van der Waals surface area contributed by atoms with Gasteiger partial charge in [-0.1, -0.05) is 42.5 Å². The second kappa shape index (κ2) is 5.16. The Morgan fingerprint density at radius 1 is 1.15 bits per heavy atom. The van der Waals surface area contributed by atoms with E-state index >= 15 is 0 Å². The second-order valence-corrected chi connectivity index (χ2v) is 7.32. The van der Waals surface area contributed by atoms with Crippen molar-refractivity contribution in [2.75, 3.05) is 0 Å². The molecule has 5 heteroatoms. The maximum atomic E-state index is 11.7. The first-order valence-electron chi connectivity index (χ1n) is 6.40. The molecule has 4 nitrogen and oxygen atoms in total. The lowest BCUT2D eigenvalue weighted by Crippen LogP contribution is -2.46. The summed E-state index contributed by atoms with van der Waals surface area (Å²) in [6.07, 6.45) is 0.184. The summed E-state index contributed by atoms with van der Waals surface area (Å²) in [5.41, 5.74) is -0.533. The number of sulfonamides is 1. The van der Waals surface area contributed by atoms with Crippen LogP contribution in [0.5, 0.6) is 0 Å². The Morgan fingerprint density at radius 2 is 1.75 bits per heavy atom. The van der Waals surface area contributed by atoms with Gasteiger partial charge in [0.05, 0.1) is 5.60 Å². The van der Waals surface area contributed by atoms with Crippen LogP contribution in [0.1, 0.15) is 19.4 Å². The lowest BCUT2D eigenvalue weighted by Gasteiger charge is -2.27. The Morgan fingerprint density at radius 3 is 2.35 bits per heavy atom. The smallest absolute Gasteiger partial charge is 0.215 e. The van der Waals surface area contributed by atoms with Gasteiger partial charge in [-0.05, 0) is 36.6 Å². The fourth-order valence-electron chi connectivity index (χ4n) is 2.44. The van der Waals surface area contributed by atoms with E-state index in [1.54, 1.807) is 0 Å². The lowest BCUT2D eigenvalue weighted by atomic mass is 9.95. The Balaban J connectivity index is 2.50. The summed E-state index contributed by atoms with van der Waals surface area (Å²) < 4.78 is 23.5. The Labute approximate surface area is 119 Å². The molecule has 20 heavy (non-hydrogen) atoms. The predicted octanol–water partition coefficient (Wildman–Crippen LogP) is 1.81. The Kier molecular flexibility index (Phi) is 3.86. The summed E-state index contributed by atoms with van der Waals surface area (Å²) >= 11 is 0. The minimum absolute atomic E-state index is 0.184. The van der Waals surface area contributed by atoms with Crippen LogP contribution in [-0.2, 0) is 16.4 Å². The molecule has 0 amide bonds. The molecule has 0 radical (unpaired) electrons. The summed E-state index contributed by atoms with van der Waals surface area (Å²) in [5.74, 6) is 0. The highest BCUT2D eigenvalue weighted by Gasteiger charge is 2.36. The quantitative estimate of drug-likeness (QED) is 0.902. The third-order valence-electron chi connectivity index (χ3n) is 3.47. The molecule has 0 spiro atoms. The Hall–Kier alpha value is -1.43. The highest BCUT2D eigenvalue weighted by molar-refractivity contribution is 7.89. The minimum atomic E-state index is -3.84. The van der Waals surface area contributed by atoms with E-state index in [2.05, 4.69) is 0 Å². The number of primary sulfonamides is 1. The number of rotatable bonds is 4. The molecule has 3 N–H and O–H groups in total. The van der Waals surface area contributed by atoms with Crippen molar-refractivity contribution in [3.05, 3.63) is 48.0 Å². The Bertz CT molecular complexity index is 712. The van der Waals surface area contributed by atoms with Gasteiger partial charge in [0.25, 0.3) is 0 Å². The van der Waals surface area contributed by atoms with E-state index in [0.29, 0.717) is 0 Å². The fourth-order valence-corrected chi connectivity index (χ4v) is 3.65. The molecular formula is C15H19NO3S. The largest absolute Gasteiger partial charge is 0.389 e. The SMILES string of the molecule is CC(C)(O)C(Cc1cccc2ccccc12)S(N)(=O)=O. The summed E-state index contributed by atoms with van der Waals surface area (Å²) in [7, 11) is -3.84. The van der Waals surface area contributed by atoms with Crippen molar-refractivity contribution in [2.45, 2.75) is 31.1 Å². The molecule has 2 aromatic rings. The van der Waals surface area contributed by atoms with E-state index < -0.39 is 20.9 Å². The number of aliphatic hydroxyl groups is 1. The van der Waals surface area contributed by atoms with Crippen molar-refractivity contribution in [1.29, 1.82) is 0 Å². The zero-order chi connectivity index (χ0) is 15.0. The molecule has 0 saturated heterocycles. The highest BCUT2D eigenvalue weighted by Crippen LogP contribution is 2.25. The van der Waals surface area contributed by atoms with Crippen molar-refractivity contribution >= 4 is 20.8 Å². The molecule has 0 aliphatic carbocycles. The third kappa shape index (κ3) is 3.17. The molecule has 0 aliphatic rings. The predicted molar refractivity (Wildman–Crippen MR) is 80.8 cm³/mol. The van der Waals surface area contributed by atoms with Gasteiger partial charge in [-0.15, -0.1) is 0 Å². The van der Waals surface area contributed by atoms with E-state index in [-0.39, 0.29) is 6.42 Å². The maximum absolute atomic E-state index is 11.7. The second-order valence-electron chi connectivity index (χ2n) is 5.57. The third-order valence-corrected chi connectivity index (χ3v) is 5.01. The lowest BCUT2D eigenvalue weighted by molar-refractivity contribution is 0.0748. The van der Waals surface area contributed by atoms with Crippen LogP contribution in [-0.4, -0.2) is 24.4 Å². The van der Waals surface area contributed by atoms with Gasteiger partial charge < -0.3 is 5.11 Å². The topological polar surface area (TPSA) is 80.4 Å². The zero-order valence-corrected chi connectivity index (χ0v) is 12.4. The molecule has 2 aromatic carbocycles. The van der Waals surface area contributed by atoms with Crippen LogP contribution in [0.3, 0.4) is 0 Å². The molecule has 2 rings (SSSR count). The van der Waals surface area contributed by atoms with Crippen molar-refractivity contribution in [1.82, 2.24) is 0 Å². The van der Waals surface area contributed by atoms with Crippen molar-refractivity contribution < 1.29 is 13.5 Å². The summed E-state index contributed by atoms with van der Waals surface area (Å²) in [5, 5.41) is 16.3. The van der Waals surface area contributed by atoms with Crippen LogP contribution in [0.25, 0.3) is 10.8 Å². The minimum Gasteiger partial charge on any atom is -0.389 e. The molecule has 0 aromatic heterocycles. The molecule has 1 atom stereocenters. The first kappa shape index (κ1) is 15.0. The molecular weight excluding hydrogens is 274 g/mol. The maximum Gasteiger partial charge on any atom is 0.215 e. The summed E-state index contributed by atoms with van der Waals surface area (Å²) in [6, 6.07) is 13.5. The average Bonchev–Trinajstić information content (AvgIpc) is 2.33. The van der Waals surface area contributed by atoms with Crippen LogP contribution in [0, 0.1) is 0 Å². The highest BCUT2D eigenvalue weighted by atomic mass is 32.2. The van der Waals surface area contributed by atoms with Crippen LogP contribution in [0.15, 0.2) is 42.5 Å². The number of hydrogen-bond donors (Lipinski definition) is 2. The van der Waals surface area contributed by atoms with Gasteiger partial charge in [0.2, 0.25) is 10.0 Å². The number of hydrogen-bond acceptors (Lipinski definition) is 3. The van der Waals surface area contributed by atoms with Crippen LogP contribution in [0.4, 0.5) is 0 Å². The molecule has 0 aliphatic heterocycles. The number of fused-ring (bicyclic) bond motifs is 1. The first-order chi connectivity index (χ1) is 9.19. The molecule has 108 valence electrons. The van der Waals surface area contributed by atoms with Gasteiger partial charge in [0, 0.05) is 0 Å². The monoisotopic (exact) mass is 293 g/mol. The fraction of sp³-hybridized carbons (Fsp3) is 0.333.